The lowest BCUT2D eigenvalue weighted by molar-refractivity contribution is -0.214. The van der Waals surface area contributed by atoms with Crippen LogP contribution in [0.25, 0.3) is 0 Å². The molecule has 5 fully saturated rings. The molecule has 0 heterocycles. The maximum absolute atomic E-state index is 14.8. The highest BCUT2D eigenvalue weighted by atomic mass is 19.1. The van der Waals surface area contributed by atoms with Crippen LogP contribution in [0.5, 0.6) is 0 Å². The van der Waals surface area contributed by atoms with Crippen LogP contribution in [0.1, 0.15) is 144 Å². The van der Waals surface area contributed by atoms with Gasteiger partial charge in [0.25, 0.3) is 5.91 Å². The molecular formula is C47H65FN2O4. The number of ketones is 1. The van der Waals surface area contributed by atoms with Crippen molar-refractivity contribution in [2.75, 3.05) is 6.54 Å². The van der Waals surface area contributed by atoms with Crippen molar-refractivity contribution in [3.05, 3.63) is 83.2 Å². The first-order valence-corrected chi connectivity index (χ1v) is 20.8. The monoisotopic (exact) mass is 740 g/mol. The summed E-state index contributed by atoms with van der Waals surface area (Å²) < 4.78 is 14.8. The SMILES string of the molecule is C=CC.CC(=O)c1ccc(CCNC(=O)c2cc(CNC(=O)C34CCCC3C3CCC5C(C)(CCC6C(C)(C)C(O)CCC65C)C3CC4)ccc2F)cc1. The van der Waals surface area contributed by atoms with E-state index in [1.165, 1.54) is 38.7 Å². The van der Waals surface area contributed by atoms with Crippen LogP contribution >= 0.6 is 0 Å². The number of hydrogen-bond acceptors (Lipinski definition) is 4. The number of hydrogen-bond donors (Lipinski definition) is 3. The molecule has 7 heteroatoms. The van der Waals surface area contributed by atoms with Gasteiger partial charge in [0.1, 0.15) is 5.82 Å². The summed E-state index contributed by atoms with van der Waals surface area (Å²) in [6, 6.07) is 11.8. The number of benzene rings is 2. The van der Waals surface area contributed by atoms with Crippen molar-refractivity contribution < 1.29 is 23.9 Å². The largest absolute Gasteiger partial charge is 0.393 e. The quantitative estimate of drug-likeness (QED) is 0.186. The smallest absolute Gasteiger partial charge is 0.254 e. The van der Waals surface area contributed by atoms with Crippen molar-refractivity contribution in [2.24, 2.45) is 51.2 Å². The predicted octanol–water partition coefficient (Wildman–Crippen LogP) is 9.64. The van der Waals surface area contributed by atoms with E-state index in [4.69, 9.17) is 0 Å². The molecule has 3 N–H and O–H groups in total. The number of fused-ring (bicyclic) bond motifs is 7. The van der Waals surface area contributed by atoms with Crippen molar-refractivity contribution in [3.63, 3.8) is 0 Å². The van der Waals surface area contributed by atoms with E-state index < -0.39 is 11.7 Å². The fourth-order valence-electron chi connectivity index (χ4n) is 13.1. The standard InChI is InChI=1S/C44H59FN2O4.C3H6/c1-27(48)30-11-8-28(9-12-30)19-24-46-39(50)32-25-29(10-14-35(32)45)26-47-40(51)44-20-6-7-34(44)31-13-15-37-42(4,33(31)16-23-44)21-17-36-41(2,3)38(49)18-22-43(36,37)5;1-3-2/h8-12,14,25,31,33-34,36-38,49H,6-7,13,15-24,26H2,1-5H3,(H,46,50)(H,47,51);3H,1H2,2H3. The van der Waals surface area contributed by atoms with Crippen molar-refractivity contribution in [2.45, 2.75) is 131 Å². The van der Waals surface area contributed by atoms with E-state index in [1.807, 2.05) is 19.1 Å². The molecule has 9 atom stereocenters. The summed E-state index contributed by atoms with van der Waals surface area (Å²) in [7, 11) is 0. The van der Waals surface area contributed by atoms with Crippen LogP contribution < -0.4 is 10.6 Å². The zero-order valence-electron chi connectivity index (χ0n) is 33.7. The molecule has 0 aliphatic heterocycles. The van der Waals surface area contributed by atoms with Gasteiger partial charge in [-0.1, -0.05) is 70.5 Å². The summed E-state index contributed by atoms with van der Waals surface area (Å²) in [4.78, 5) is 38.8. The lowest BCUT2D eigenvalue weighted by Gasteiger charge is -2.69. The summed E-state index contributed by atoms with van der Waals surface area (Å²) in [6.45, 7) is 17.2. The predicted molar refractivity (Wildman–Crippen MR) is 213 cm³/mol. The normalized spacial score (nSPS) is 34.7. The number of Topliss-reactive ketones (excluding diaryl/α,β-unsaturated/α-hetero) is 1. The van der Waals surface area contributed by atoms with Crippen molar-refractivity contribution in [1.82, 2.24) is 10.6 Å². The minimum Gasteiger partial charge on any atom is -0.393 e. The number of amides is 2. The second-order valence-corrected chi connectivity index (χ2v) is 18.7. The molecule has 0 bridgehead atoms. The van der Waals surface area contributed by atoms with Gasteiger partial charge in [0.15, 0.2) is 5.78 Å². The summed E-state index contributed by atoms with van der Waals surface area (Å²) in [5.41, 5.74) is 2.48. The molecule has 0 saturated heterocycles. The van der Waals surface area contributed by atoms with E-state index in [-0.39, 0.29) is 51.6 Å². The van der Waals surface area contributed by atoms with Gasteiger partial charge >= 0.3 is 0 Å². The number of carbonyl (C=O) groups excluding carboxylic acids is 3. The molecule has 7 rings (SSSR count). The zero-order chi connectivity index (χ0) is 39.1. The fourth-order valence-corrected chi connectivity index (χ4v) is 13.1. The zero-order valence-corrected chi connectivity index (χ0v) is 33.7. The van der Waals surface area contributed by atoms with Gasteiger partial charge in [0, 0.05) is 18.7 Å². The average molecular weight is 741 g/mol. The molecule has 0 radical (unpaired) electrons. The molecule has 9 unspecified atom stereocenters. The highest BCUT2D eigenvalue weighted by molar-refractivity contribution is 5.95. The molecule has 6 nitrogen and oxygen atoms in total. The summed E-state index contributed by atoms with van der Waals surface area (Å²) >= 11 is 0. The fraction of sp³-hybridized carbons (Fsp3) is 0.638. The van der Waals surface area contributed by atoms with E-state index in [0.29, 0.717) is 53.7 Å². The van der Waals surface area contributed by atoms with Gasteiger partial charge in [-0.25, -0.2) is 4.39 Å². The Morgan fingerprint density at radius 3 is 2.22 bits per heavy atom. The molecule has 5 aliphatic carbocycles. The summed E-state index contributed by atoms with van der Waals surface area (Å²) in [6.07, 6.45) is 14.2. The Labute approximate surface area is 323 Å². The molecule has 54 heavy (non-hydrogen) atoms. The van der Waals surface area contributed by atoms with E-state index in [2.05, 4.69) is 44.9 Å². The Morgan fingerprint density at radius 2 is 1.52 bits per heavy atom. The molecule has 0 aromatic heterocycles. The van der Waals surface area contributed by atoms with Crippen molar-refractivity contribution in [3.8, 4) is 0 Å². The number of rotatable bonds is 8. The first-order valence-electron chi connectivity index (χ1n) is 20.8. The second kappa shape index (κ2) is 15.7. The lowest BCUT2D eigenvalue weighted by Crippen LogP contribution is -2.63. The summed E-state index contributed by atoms with van der Waals surface area (Å²) in [5.74, 6) is 1.93. The number of halogens is 1. The number of aliphatic hydroxyl groups is 1. The molecule has 2 amide bonds. The molecule has 0 spiro atoms. The van der Waals surface area contributed by atoms with Gasteiger partial charge in [-0.15, -0.1) is 6.58 Å². The highest BCUT2D eigenvalue weighted by Crippen LogP contribution is 2.73. The maximum atomic E-state index is 14.8. The molecule has 2 aromatic rings. The third-order valence-corrected chi connectivity index (χ3v) is 15.7. The molecule has 294 valence electrons. The Hall–Kier alpha value is -3.32. The van der Waals surface area contributed by atoms with E-state index >= 15 is 0 Å². The summed E-state index contributed by atoms with van der Waals surface area (Å²) in [5, 5.41) is 17.1. The Kier molecular flexibility index (Phi) is 11.7. The van der Waals surface area contributed by atoms with Crippen LogP contribution in [0.2, 0.25) is 0 Å². The van der Waals surface area contributed by atoms with Crippen LogP contribution in [0, 0.1) is 57.1 Å². The number of carbonyl (C=O) groups is 3. The van der Waals surface area contributed by atoms with Crippen LogP contribution in [0.15, 0.2) is 55.1 Å². The average Bonchev–Trinajstić information content (AvgIpc) is 3.59. The topological polar surface area (TPSA) is 95.5 Å². The maximum Gasteiger partial charge on any atom is 0.254 e. The molecule has 5 aliphatic rings. The van der Waals surface area contributed by atoms with Crippen molar-refractivity contribution in [1.29, 1.82) is 0 Å². The first kappa shape index (κ1) is 40.3. The van der Waals surface area contributed by atoms with Crippen LogP contribution in [-0.4, -0.2) is 35.4 Å². The van der Waals surface area contributed by atoms with Gasteiger partial charge in [0.05, 0.1) is 17.1 Å². The van der Waals surface area contributed by atoms with Gasteiger partial charge in [0.2, 0.25) is 5.91 Å². The van der Waals surface area contributed by atoms with Crippen LogP contribution in [0.4, 0.5) is 4.39 Å². The van der Waals surface area contributed by atoms with Crippen LogP contribution in [-0.2, 0) is 17.8 Å². The van der Waals surface area contributed by atoms with Crippen molar-refractivity contribution >= 4 is 17.6 Å². The minimum absolute atomic E-state index is 0.00613. The van der Waals surface area contributed by atoms with Crippen LogP contribution in [0.3, 0.4) is 0 Å². The molecular weight excluding hydrogens is 676 g/mol. The number of nitrogens with one attached hydrogen (secondary N) is 2. The van der Waals surface area contributed by atoms with Gasteiger partial charge in [-0.2, -0.15) is 0 Å². The van der Waals surface area contributed by atoms with Gasteiger partial charge < -0.3 is 15.7 Å². The van der Waals surface area contributed by atoms with E-state index in [9.17, 15) is 23.9 Å². The lowest BCUT2D eigenvalue weighted by atomic mass is 9.36. The first-order chi connectivity index (χ1) is 25.6. The second-order valence-electron chi connectivity index (χ2n) is 18.7. The molecule has 2 aromatic carbocycles. The Balaban J connectivity index is 0.00000160. The highest BCUT2D eigenvalue weighted by Gasteiger charge is 2.67. The van der Waals surface area contributed by atoms with E-state index in [0.717, 1.165) is 50.5 Å². The van der Waals surface area contributed by atoms with E-state index in [1.54, 1.807) is 30.3 Å². The number of aliphatic hydroxyl groups excluding tert-OH is 1. The Bertz CT molecular complexity index is 1720. The number of allylic oxidation sites excluding steroid dienone is 1. The Morgan fingerprint density at radius 1 is 0.833 bits per heavy atom. The minimum atomic E-state index is -0.582. The molecule has 5 saturated carbocycles. The third kappa shape index (κ3) is 7.12. The third-order valence-electron chi connectivity index (χ3n) is 15.7. The van der Waals surface area contributed by atoms with Gasteiger partial charge in [-0.05, 0) is 154 Å². The van der Waals surface area contributed by atoms with Gasteiger partial charge in [-0.3, -0.25) is 14.4 Å².